The third-order valence-corrected chi connectivity index (χ3v) is 8.28. The average molecular weight is 718 g/mol. The van der Waals surface area contributed by atoms with Crippen molar-refractivity contribution >= 4 is 22.7 Å². The highest BCUT2D eigenvalue weighted by Crippen LogP contribution is 2.28. The normalized spacial score (nSPS) is 17.9. The summed E-state index contributed by atoms with van der Waals surface area (Å²) in [5.41, 5.74) is 2.29. The molecule has 2 aromatic heterocycles. The highest BCUT2D eigenvalue weighted by molar-refractivity contribution is 5.52. The lowest BCUT2D eigenvalue weighted by Gasteiger charge is -2.17. The number of aryl methyl sites for hydroxylation is 2. The molecule has 2 fully saturated rings. The van der Waals surface area contributed by atoms with Crippen molar-refractivity contribution in [1.29, 1.82) is 0 Å². The van der Waals surface area contributed by atoms with E-state index in [2.05, 4.69) is 65.5 Å². The van der Waals surface area contributed by atoms with E-state index in [9.17, 15) is 20.2 Å². The summed E-state index contributed by atoms with van der Waals surface area (Å²) in [6, 6.07) is 14.4. The first kappa shape index (κ1) is 32.1. The molecule has 2 saturated heterocycles. The van der Waals surface area contributed by atoms with E-state index in [1.165, 1.54) is 0 Å². The molecule has 12 nitrogen and oxygen atoms in total. The number of halogens is 2. The largest absolute Gasteiger partial charge is 1.00 e. The Bertz CT molecular complexity index is 1410. The van der Waals surface area contributed by atoms with Crippen molar-refractivity contribution in [2.75, 3.05) is 36.0 Å². The van der Waals surface area contributed by atoms with Crippen LogP contribution in [-0.4, -0.2) is 45.2 Å². The van der Waals surface area contributed by atoms with Crippen LogP contribution in [0.2, 0.25) is 0 Å². The highest BCUT2D eigenvalue weighted by atomic mass is 79.9. The molecule has 2 atom stereocenters. The van der Waals surface area contributed by atoms with Crippen molar-refractivity contribution in [2.24, 2.45) is 0 Å². The van der Waals surface area contributed by atoms with Crippen LogP contribution < -0.4 is 52.9 Å². The Labute approximate surface area is 270 Å². The first-order valence-corrected chi connectivity index (χ1v) is 14.0. The summed E-state index contributed by atoms with van der Waals surface area (Å²) >= 11 is 0. The molecule has 4 heterocycles. The Morgan fingerprint density at radius 2 is 1.37 bits per heavy atom. The summed E-state index contributed by atoms with van der Waals surface area (Å²) in [7, 11) is 0. The van der Waals surface area contributed by atoms with Gasteiger partial charge < -0.3 is 43.8 Å². The zero-order chi connectivity index (χ0) is 28.3. The summed E-state index contributed by atoms with van der Waals surface area (Å²) < 4.78 is 9.05. The van der Waals surface area contributed by atoms with Crippen LogP contribution in [0.25, 0.3) is 0 Å². The third-order valence-electron chi connectivity index (χ3n) is 8.28. The molecule has 14 heteroatoms. The van der Waals surface area contributed by atoms with E-state index in [0.29, 0.717) is 12.1 Å². The number of anilines is 2. The van der Waals surface area contributed by atoms with Crippen LogP contribution in [0.15, 0.2) is 86.0 Å². The minimum Gasteiger partial charge on any atom is -1.00 e. The van der Waals surface area contributed by atoms with Crippen LogP contribution in [0.1, 0.15) is 31.3 Å². The number of rotatable bonds is 10. The highest BCUT2D eigenvalue weighted by Gasteiger charge is 2.29. The van der Waals surface area contributed by atoms with E-state index in [4.69, 9.17) is 0 Å². The molecule has 2 aromatic carbocycles. The Hall–Kier alpha value is -3.78. The third kappa shape index (κ3) is 7.42. The topological polar surface area (TPSA) is 110 Å². The Kier molecular flexibility index (Phi) is 10.6. The molecule has 2 aliphatic rings. The lowest BCUT2D eigenvalue weighted by Crippen LogP contribution is -3.00. The maximum Gasteiger partial charge on any atom is 0.269 e. The zero-order valence-corrected chi connectivity index (χ0v) is 26.7. The molecule has 0 saturated carbocycles. The van der Waals surface area contributed by atoms with E-state index in [1.54, 1.807) is 24.3 Å². The fraction of sp³-hybridized carbons (Fsp3) is 0.379. The molecule has 2 aliphatic heterocycles. The molecule has 4 aromatic rings. The number of nitro groups is 2. The predicted molar refractivity (Wildman–Crippen MR) is 152 cm³/mol. The van der Waals surface area contributed by atoms with E-state index < -0.39 is 0 Å². The van der Waals surface area contributed by atoms with Crippen molar-refractivity contribution in [3.05, 3.63) is 106 Å². The van der Waals surface area contributed by atoms with Crippen molar-refractivity contribution in [2.45, 2.75) is 44.4 Å². The monoisotopic (exact) mass is 716 g/mol. The SMILES string of the molecule is O=[N+]([O-])c1ccc(N2CCC(n3cc[n+](CCCn4cc[n+](C5CCN(c6ccc([N+](=O)[O-])cc6)C5)c4)c3)C2)cc1.[Br-].[Br-]. The lowest BCUT2D eigenvalue weighted by molar-refractivity contribution is -0.718. The number of imidazole rings is 2. The van der Waals surface area contributed by atoms with Gasteiger partial charge in [0.25, 0.3) is 11.4 Å². The van der Waals surface area contributed by atoms with E-state index in [1.807, 2.05) is 24.3 Å². The van der Waals surface area contributed by atoms with Crippen LogP contribution >= 0.6 is 0 Å². The van der Waals surface area contributed by atoms with Crippen molar-refractivity contribution < 1.29 is 52.9 Å². The summed E-state index contributed by atoms with van der Waals surface area (Å²) in [6.07, 6.45) is 16.0. The smallest absolute Gasteiger partial charge is 0.269 e. The quantitative estimate of drug-likeness (QED) is 0.104. The summed E-state index contributed by atoms with van der Waals surface area (Å²) in [5.74, 6) is 0. The van der Waals surface area contributed by atoms with Gasteiger partial charge >= 0.3 is 0 Å². The molecule has 0 radical (unpaired) electrons. The molecule has 0 bridgehead atoms. The van der Waals surface area contributed by atoms with Crippen LogP contribution in [0, 0.1) is 20.2 Å². The van der Waals surface area contributed by atoms with E-state index >= 15 is 0 Å². The minimum absolute atomic E-state index is 0. The average Bonchev–Trinajstić information content (AvgIpc) is 3.80. The number of non-ortho nitro benzene ring substituents is 2. The number of nitro benzene ring substituents is 2. The van der Waals surface area contributed by atoms with Gasteiger partial charge in [0.2, 0.25) is 12.7 Å². The second-order valence-electron chi connectivity index (χ2n) is 10.9. The second kappa shape index (κ2) is 14.1. The Morgan fingerprint density at radius 3 is 2.00 bits per heavy atom. The number of aromatic nitrogens is 4. The van der Waals surface area contributed by atoms with Gasteiger partial charge in [-0.2, -0.15) is 0 Å². The summed E-state index contributed by atoms with van der Waals surface area (Å²) in [4.78, 5) is 25.7. The molecular weight excluding hydrogens is 684 g/mol. The van der Waals surface area contributed by atoms with Gasteiger partial charge in [-0.3, -0.25) is 20.2 Å². The van der Waals surface area contributed by atoms with Gasteiger partial charge in [-0.15, -0.1) is 0 Å². The maximum atomic E-state index is 10.9. The molecule has 2 unspecified atom stereocenters. The lowest BCUT2D eigenvalue weighted by atomic mass is 10.2. The van der Waals surface area contributed by atoms with Gasteiger partial charge in [-0.25, -0.2) is 18.3 Å². The molecule has 0 spiro atoms. The van der Waals surface area contributed by atoms with Gasteiger partial charge in [-0.1, -0.05) is 0 Å². The van der Waals surface area contributed by atoms with Crippen LogP contribution in [-0.2, 0) is 13.1 Å². The maximum absolute atomic E-state index is 10.9. The summed E-state index contributed by atoms with van der Waals surface area (Å²) in [5, 5.41) is 21.9. The molecule has 228 valence electrons. The zero-order valence-electron chi connectivity index (χ0n) is 23.6. The van der Waals surface area contributed by atoms with Gasteiger partial charge in [0, 0.05) is 68.0 Å². The van der Waals surface area contributed by atoms with Gasteiger partial charge in [0.05, 0.1) is 36.0 Å². The minimum atomic E-state index is -0.363. The molecule has 0 aliphatic carbocycles. The fourth-order valence-corrected chi connectivity index (χ4v) is 5.96. The van der Waals surface area contributed by atoms with Crippen molar-refractivity contribution in [3.8, 4) is 0 Å². The predicted octanol–water partition coefficient (Wildman–Crippen LogP) is -2.32. The first-order valence-electron chi connectivity index (χ1n) is 14.0. The molecular formula is C29H34Br2N8O4. The number of benzene rings is 2. The van der Waals surface area contributed by atoms with E-state index in [0.717, 1.165) is 69.9 Å². The van der Waals surface area contributed by atoms with Gasteiger partial charge in [0.15, 0.2) is 0 Å². The van der Waals surface area contributed by atoms with Gasteiger partial charge in [-0.05, 0) is 24.3 Å². The number of hydrogen-bond acceptors (Lipinski definition) is 6. The first-order chi connectivity index (χ1) is 19.9. The Morgan fingerprint density at radius 1 is 0.767 bits per heavy atom. The van der Waals surface area contributed by atoms with Crippen LogP contribution in [0.3, 0.4) is 0 Å². The van der Waals surface area contributed by atoms with Crippen LogP contribution in [0.5, 0.6) is 0 Å². The molecule has 0 amide bonds. The summed E-state index contributed by atoms with van der Waals surface area (Å²) in [6.45, 7) is 5.50. The van der Waals surface area contributed by atoms with E-state index in [-0.39, 0.29) is 55.2 Å². The van der Waals surface area contributed by atoms with Crippen molar-refractivity contribution in [3.63, 3.8) is 0 Å². The number of nitrogens with zero attached hydrogens (tertiary/aromatic N) is 8. The Balaban J connectivity index is 0.00000212. The molecule has 6 rings (SSSR count). The second-order valence-corrected chi connectivity index (χ2v) is 10.9. The molecule has 43 heavy (non-hydrogen) atoms. The van der Waals surface area contributed by atoms with Gasteiger partial charge in [0.1, 0.15) is 36.9 Å². The molecule has 0 N–H and O–H groups in total. The van der Waals surface area contributed by atoms with Crippen molar-refractivity contribution in [1.82, 2.24) is 9.13 Å². The number of hydrogen-bond donors (Lipinski definition) is 0. The standard InChI is InChI=1S/C29H34N8O4.2BrH/c38-36(39)26-6-2-24(3-7-26)32-14-10-28(20-32)34-18-16-30(22-34)12-1-13-31-17-19-35(23-31)29-11-15-33(21-29)25-4-8-27(9-5-25)37(40)41;;/h2-9,16-19,22-23,28-29H,1,10-15,20-21H2;2*1H/q+2;;/p-2. The fourth-order valence-electron chi connectivity index (χ4n) is 5.96. The van der Waals surface area contributed by atoms with Crippen LogP contribution in [0.4, 0.5) is 22.7 Å².